The fraction of sp³-hybridized carbons (Fsp3) is 0.947. The van der Waals surface area contributed by atoms with Crippen molar-refractivity contribution < 1.29 is 0 Å². The van der Waals surface area contributed by atoms with E-state index in [9.17, 15) is 0 Å². The van der Waals surface area contributed by atoms with Crippen LogP contribution in [0.5, 0.6) is 0 Å². The Morgan fingerprint density at radius 2 is 1.83 bits per heavy atom. The fourth-order valence-electron chi connectivity index (χ4n) is 4.06. The molecule has 2 heterocycles. The summed E-state index contributed by atoms with van der Waals surface area (Å²) in [7, 11) is 1.88. The number of nitrogens with zero attached hydrogens (tertiary/aromatic N) is 3. The van der Waals surface area contributed by atoms with E-state index in [0.717, 1.165) is 36.9 Å². The van der Waals surface area contributed by atoms with Crippen molar-refractivity contribution in [3.63, 3.8) is 0 Å². The molecule has 2 N–H and O–H groups in total. The Labute approximate surface area is 148 Å². The minimum absolute atomic E-state index is 0.791. The first-order valence-corrected chi connectivity index (χ1v) is 10.2. The number of hydrogen-bond donors (Lipinski definition) is 2. The monoisotopic (exact) mass is 335 g/mol. The van der Waals surface area contributed by atoms with Gasteiger partial charge in [-0.25, -0.2) is 0 Å². The molecule has 0 aromatic carbocycles. The van der Waals surface area contributed by atoms with Crippen molar-refractivity contribution >= 4 is 5.96 Å². The summed E-state index contributed by atoms with van der Waals surface area (Å²) < 4.78 is 0. The first-order valence-electron chi connectivity index (χ1n) is 10.2. The summed E-state index contributed by atoms with van der Waals surface area (Å²) in [5.74, 6) is 2.69. The minimum atomic E-state index is 0.791. The average molecular weight is 336 g/mol. The smallest absolute Gasteiger partial charge is 0.190 e. The van der Waals surface area contributed by atoms with Gasteiger partial charge in [-0.15, -0.1) is 0 Å². The Balaban J connectivity index is 1.24. The van der Waals surface area contributed by atoms with Crippen LogP contribution in [-0.2, 0) is 0 Å². The Morgan fingerprint density at radius 3 is 2.54 bits per heavy atom. The maximum absolute atomic E-state index is 4.38. The summed E-state index contributed by atoms with van der Waals surface area (Å²) in [6, 6.07) is 0.921. The quantitative estimate of drug-likeness (QED) is 0.423. The second-order valence-corrected chi connectivity index (χ2v) is 8.14. The molecule has 5 heteroatoms. The molecular weight excluding hydrogens is 298 g/mol. The minimum Gasteiger partial charge on any atom is -0.356 e. The van der Waals surface area contributed by atoms with Crippen LogP contribution >= 0.6 is 0 Å². The molecule has 24 heavy (non-hydrogen) atoms. The lowest BCUT2D eigenvalue weighted by atomic mass is 9.99. The lowest BCUT2D eigenvalue weighted by Crippen LogP contribution is -2.41. The maximum atomic E-state index is 4.38. The van der Waals surface area contributed by atoms with Gasteiger partial charge >= 0.3 is 0 Å². The number of rotatable bonds is 7. The Morgan fingerprint density at radius 1 is 1.04 bits per heavy atom. The number of likely N-dealkylation sites (tertiary alicyclic amines) is 2. The number of aliphatic imine (C=N–C) groups is 1. The standard InChI is InChI=1S/C19H37N5/c1-16-6-11-23(12-7-16)10-3-9-21-19(20-2)22-14-17-8-13-24(15-17)18-4-5-18/h16-18H,3-15H2,1-2H3,(H2,20,21,22). The van der Waals surface area contributed by atoms with Gasteiger partial charge in [0.1, 0.15) is 0 Å². The molecule has 0 radical (unpaired) electrons. The molecule has 1 saturated carbocycles. The lowest BCUT2D eigenvalue weighted by Gasteiger charge is -2.30. The highest BCUT2D eigenvalue weighted by Gasteiger charge is 2.34. The third kappa shape index (κ3) is 5.62. The summed E-state index contributed by atoms with van der Waals surface area (Å²) in [6.45, 7) is 10.8. The third-order valence-corrected chi connectivity index (χ3v) is 5.98. The summed E-state index contributed by atoms with van der Waals surface area (Å²) in [5.41, 5.74) is 0. The van der Waals surface area contributed by atoms with Crippen LogP contribution in [-0.4, -0.2) is 74.7 Å². The zero-order chi connectivity index (χ0) is 16.8. The number of piperidine rings is 1. The van der Waals surface area contributed by atoms with Crippen molar-refractivity contribution in [1.29, 1.82) is 0 Å². The summed E-state index contributed by atoms with van der Waals surface area (Å²) >= 11 is 0. The van der Waals surface area contributed by atoms with E-state index in [2.05, 4.69) is 32.3 Å². The van der Waals surface area contributed by atoms with E-state index < -0.39 is 0 Å². The predicted molar refractivity (Wildman–Crippen MR) is 102 cm³/mol. The summed E-state index contributed by atoms with van der Waals surface area (Å²) in [4.78, 5) is 9.67. The Kier molecular flexibility index (Phi) is 6.78. The molecule has 0 spiro atoms. The van der Waals surface area contributed by atoms with Crippen molar-refractivity contribution in [2.45, 2.75) is 51.5 Å². The van der Waals surface area contributed by atoms with Gasteiger partial charge in [-0.2, -0.15) is 0 Å². The van der Waals surface area contributed by atoms with E-state index >= 15 is 0 Å². The van der Waals surface area contributed by atoms with Crippen LogP contribution in [0.25, 0.3) is 0 Å². The van der Waals surface area contributed by atoms with E-state index in [0.29, 0.717) is 0 Å². The second-order valence-electron chi connectivity index (χ2n) is 8.14. The highest BCUT2D eigenvalue weighted by Crippen LogP contribution is 2.31. The average Bonchev–Trinajstić information content (AvgIpc) is 3.34. The van der Waals surface area contributed by atoms with Crippen LogP contribution in [0.4, 0.5) is 0 Å². The van der Waals surface area contributed by atoms with Gasteiger partial charge in [0, 0.05) is 32.7 Å². The van der Waals surface area contributed by atoms with Gasteiger partial charge in [-0.1, -0.05) is 6.92 Å². The van der Waals surface area contributed by atoms with Crippen molar-refractivity contribution in [2.75, 3.05) is 52.9 Å². The van der Waals surface area contributed by atoms with Crippen LogP contribution in [0.15, 0.2) is 4.99 Å². The van der Waals surface area contributed by atoms with E-state index in [-0.39, 0.29) is 0 Å². The molecule has 3 rings (SSSR count). The SMILES string of the molecule is CN=C(NCCCN1CCC(C)CC1)NCC1CCN(C2CC2)C1. The molecule has 0 aromatic heterocycles. The Hall–Kier alpha value is -0.810. The van der Waals surface area contributed by atoms with Crippen molar-refractivity contribution in [1.82, 2.24) is 20.4 Å². The molecule has 2 aliphatic heterocycles. The third-order valence-electron chi connectivity index (χ3n) is 5.98. The van der Waals surface area contributed by atoms with Crippen molar-refractivity contribution in [2.24, 2.45) is 16.8 Å². The van der Waals surface area contributed by atoms with Crippen LogP contribution in [0.2, 0.25) is 0 Å². The number of hydrogen-bond acceptors (Lipinski definition) is 3. The van der Waals surface area contributed by atoms with Gasteiger partial charge < -0.3 is 20.4 Å². The van der Waals surface area contributed by atoms with E-state index in [4.69, 9.17) is 0 Å². The second kappa shape index (κ2) is 9.04. The molecule has 1 atom stereocenters. The molecule has 0 aromatic rings. The molecule has 138 valence electrons. The predicted octanol–water partition coefficient (Wildman–Crippen LogP) is 1.76. The number of nitrogens with one attached hydrogen (secondary N) is 2. The molecule has 0 amide bonds. The summed E-state index contributed by atoms with van der Waals surface area (Å²) in [6.07, 6.45) is 8.15. The van der Waals surface area contributed by atoms with E-state index in [1.54, 1.807) is 0 Å². The summed E-state index contributed by atoms with van der Waals surface area (Å²) in [5, 5.41) is 7.02. The molecule has 3 fully saturated rings. The topological polar surface area (TPSA) is 42.9 Å². The molecule has 1 unspecified atom stereocenters. The zero-order valence-corrected chi connectivity index (χ0v) is 15.8. The molecule has 3 aliphatic rings. The maximum Gasteiger partial charge on any atom is 0.190 e. The molecule has 1 aliphatic carbocycles. The van der Waals surface area contributed by atoms with Gasteiger partial charge in [-0.3, -0.25) is 4.99 Å². The van der Waals surface area contributed by atoms with Gasteiger partial charge in [0.05, 0.1) is 0 Å². The molecule has 5 nitrogen and oxygen atoms in total. The van der Waals surface area contributed by atoms with Crippen molar-refractivity contribution in [3.8, 4) is 0 Å². The van der Waals surface area contributed by atoms with Crippen molar-refractivity contribution in [3.05, 3.63) is 0 Å². The molecule has 0 bridgehead atoms. The first-order chi connectivity index (χ1) is 11.7. The number of guanidine groups is 1. The van der Waals surface area contributed by atoms with Gasteiger partial charge in [0.2, 0.25) is 0 Å². The van der Waals surface area contributed by atoms with Gasteiger partial charge in [0.15, 0.2) is 5.96 Å². The molecular formula is C19H37N5. The van der Waals surface area contributed by atoms with Gasteiger partial charge in [-0.05, 0) is 76.5 Å². The first kappa shape index (κ1) is 18.0. The van der Waals surface area contributed by atoms with Crippen LogP contribution < -0.4 is 10.6 Å². The molecule has 2 saturated heterocycles. The van der Waals surface area contributed by atoms with Crippen LogP contribution in [0.3, 0.4) is 0 Å². The van der Waals surface area contributed by atoms with Gasteiger partial charge in [0.25, 0.3) is 0 Å². The largest absolute Gasteiger partial charge is 0.356 e. The van der Waals surface area contributed by atoms with E-state index in [1.165, 1.54) is 71.2 Å². The lowest BCUT2D eigenvalue weighted by molar-refractivity contribution is 0.191. The van der Waals surface area contributed by atoms with E-state index in [1.807, 2.05) is 7.05 Å². The highest BCUT2D eigenvalue weighted by molar-refractivity contribution is 5.79. The Bertz CT molecular complexity index is 399. The fourth-order valence-corrected chi connectivity index (χ4v) is 4.06. The highest BCUT2D eigenvalue weighted by atomic mass is 15.2. The zero-order valence-electron chi connectivity index (χ0n) is 15.8. The normalized spacial score (nSPS) is 27.6. The van der Waals surface area contributed by atoms with Crippen LogP contribution in [0.1, 0.15) is 45.4 Å². The van der Waals surface area contributed by atoms with Crippen LogP contribution in [0, 0.1) is 11.8 Å².